The molecule has 0 saturated heterocycles. The first-order valence-corrected chi connectivity index (χ1v) is 8.53. The van der Waals surface area contributed by atoms with Crippen molar-refractivity contribution in [2.24, 2.45) is 0 Å². The minimum atomic E-state index is -0.565. The number of hydrogen-bond acceptors (Lipinski definition) is 3. The van der Waals surface area contributed by atoms with E-state index in [0.29, 0.717) is 16.6 Å². The third-order valence-corrected chi connectivity index (χ3v) is 5.13. The highest BCUT2D eigenvalue weighted by atomic mass is 35.5. The van der Waals surface area contributed by atoms with E-state index in [2.05, 4.69) is 10.3 Å². The van der Waals surface area contributed by atoms with Crippen LogP contribution in [-0.2, 0) is 10.2 Å². The fourth-order valence-corrected chi connectivity index (χ4v) is 3.79. The maximum absolute atomic E-state index is 13.2. The number of anilines is 1. The summed E-state index contributed by atoms with van der Waals surface area (Å²) in [6.07, 6.45) is 3.67. The van der Waals surface area contributed by atoms with Gasteiger partial charge in [0, 0.05) is 11.1 Å². The lowest BCUT2D eigenvalue weighted by Gasteiger charge is -2.29. The van der Waals surface area contributed by atoms with E-state index in [1.807, 2.05) is 37.3 Å². The van der Waals surface area contributed by atoms with Gasteiger partial charge in [0.25, 0.3) is 0 Å². The molecule has 1 aromatic heterocycles. The quantitative estimate of drug-likeness (QED) is 0.888. The lowest BCUT2D eigenvalue weighted by atomic mass is 9.78. The maximum atomic E-state index is 13.2. The molecule has 1 aromatic carbocycles. The van der Waals surface area contributed by atoms with E-state index in [-0.39, 0.29) is 5.91 Å². The summed E-state index contributed by atoms with van der Waals surface area (Å²) in [7, 11) is 1.57. The number of carbonyl (C=O) groups is 1. The van der Waals surface area contributed by atoms with Crippen molar-refractivity contribution in [2.75, 3.05) is 12.4 Å². The van der Waals surface area contributed by atoms with Crippen LogP contribution < -0.4 is 10.1 Å². The third-order valence-electron chi connectivity index (χ3n) is 4.80. The number of nitrogens with one attached hydrogen (secondary N) is 1. The van der Waals surface area contributed by atoms with E-state index >= 15 is 0 Å². The molecule has 3 rings (SSSR count). The molecule has 0 spiro atoms. The van der Waals surface area contributed by atoms with Crippen LogP contribution in [0.5, 0.6) is 5.88 Å². The number of pyridine rings is 1. The van der Waals surface area contributed by atoms with Gasteiger partial charge in [-0.2, -0.15) is 0 Å². The van der Waals surface area contributed by atoms with Crippen molar-refractivity contribution in [1.82, 2.24) is 4.98 Å². The lowest BCUT2D eigenvalue weighted by Crippen LogP contribution is -2.38. The van der Waals surface area contributed by atoms with Gasteiger partial charge >= 0.3 is 0 Å². The minimum absolute atomic E-state index is 0.0110. The molecule has 126 valence electrons. The number of nitrogens with zero attached hydrogens (tertiary/aromatic N) is 1. The van der Waals surface area contributed by atoms with Crippen LogP contribution in [0, 0.1) is 6.92 Å². The molecular weight excluding hydrogens is 324 g/mol. The first-order chi connectivity index (χ1) is 11.6. The molecule has 1 saturated carbocycles. The number of hydrogen-bond donors (Lipinski definition) is 1. The van der Waals surface area contributed by atoms with Gasteiger partial charge in [0.15, 0.2) is 0 Å². The molecule has 1 heterocycles. The zero-order valence-electron chi connectivity index (χ0n) is 13.9. The number of carbonyl (C=O) groups excluding carboxylic acids is 1. The Balaban J connectivity index is 1.93. The summed E-state index contributed by atoms with van der Waals surface area (Å²) in [6, 6.07) is 11.2. The second-order valence-electron chi connectivity index (χ2n) is 6.21. The van der Waals surface area contributed by atoms with Gasteiger partial charge in [-0.05, 0) is 37.5 Å². The number of rotatable bonds is 4. The first-order valence-electron chi connectivity index (χ1n) is 8.15. The predicted octanol–water partition coefficient (Wildman–Crippen LogP) is 4.50. The number of benzene rings is 1. The van der Waals surface area contributed by atoms with E-state index in [9.17, 15) is 4.79 Å². The number of methoxy groups -OCH3 is 1. The molecule has 24 heavy (non-hydrogen) atoms. The number of aryl methyl sites for hydroxylation is 1. The normalized spacial score (nSPS) is 16.0. The lowest BCUT2D eigenvalue weighted by molar-refractivity contribution is -0.121. The fraction of sp³-hybridized carbons (Fsp3) is 0.368. The molecule has 4 nitrogen and oxygen atoms in total. The molecule has 0 unspecified atom stereocenters. The Bertz CT molecular complexity index is 755. The SMILES string of the molecule is COc1ccc(NC(=O)C2(c3ccccc3Cl)CCCC2)c(C)n1. The second kappa shape index (κ2) is 6.81. The van der Waals surface area contributed by atoms with Crippen molar-refractivity contribution in [3.8, 4) is 5.88 Å². The van der Waals surface area contributed by atoms with Gasteiger partial charge in [0.2, 0.25) is 11.8 Å². The molecule has 0 aliphatic heterocycles. The molecule has 1 aliphatic carbocycles. The smallest absolute Gasteiger partial charge is 0.235 e. The molecule has 0 atom stereocenters. The maximum Gasteiger partial charge on any atom is 0.235 e. The molecule has 1 amide bonds. The van der Waals surface area contributed by atoms with Gasteiger partial charge < -0.3 is 10.1 Å². The molecule has 1 fully saturated rings. The summed E-state index contributed by atoms with van der Waals surface area (Å²) >= 11 is 6.40. The predicted molar refractivity (Wildman–Crippen MR) is 95.8 cm³/mol. The Morgan fingerprint density at radius 2 is 1.92 bits per heavy atom. The molecule has 5 heteroatoms. The van der Waals surface area contributed by atoms with E-state index < -0.39 is 5.41 Å². The zero-order valence-corrected chi connectivity index (χ0v) is 14.7. The Morgan fingerprint density at radius 1 is 1.21 bits per heavy atom. The molecule has 1 N–H and O–H groups in total. The topological polar surface area (TPSA) is 51.2 Å². The highest BCUT2D eigenvalue weighted by Gasteiger charge is 2.44. The van der Waals surface area contributed by atoms with Crippen molar-refractivity contribution >= 4 is 23.2 Å². The Labute approximate surface area is 147 Å². The standard InChI is InChI=1S/C19H21ClN2O2/c1-13-16(9-10-17(21-13)24-2)22-18(23)19(11-5-6-12-19)14-7-3-4-8-15(14)20/h3-4,7-10H,5-6,11-12H2,1-2H3,(H,22,23). The Morgan fingerprint density at radius 3 is 2.54 bits per heavy atom. The van der Waals surface area contributed by atoms with Gasteiger partial charge in [0.05, 0.1) is 23.9 Å². The van der Waals surface area contributed by atoms with Gasteiger partial charge in [-0.3, -0.25) is 4.79 Å². The molecule has 0 bridgehead atoms. The van der Waals surface area contributed by atoms with Crippen molar-refractivity contribution in [2.45, 2.75) is 38.0 Å². The van der Waals surface area contributed by atoms with Crippen LogP contribution in [0.3, 0.4) is 0 Å². The third kappa shape index (κ3) is 2.98. The summed E-state index contributed by atoms with van der Waals surface area (Å²) in [5.41, 5.74) is 1.79. The van der Waals surface area contributed by atoms with E-state index in [1.165, 1.54) is 0 Å². The van der Waals surface area contributed by atoms with Gasteiger partial charge in [0.1, 0.15) is 0 Å². The second-order valence-corrected chi connectivity index (χ2v) is 6.62. The average molecular weight is 345 g/mol. The minimum Gasteiger partial charge on any atom is -0.481 e. The van der Waals surface area contributed by atoms with Crippen molar-refractivity contribution in [3.05, 3.63) is 52.7 Å². The summed E-state index contributed by atoms with van der Waals surface area (Å²) in [5, 5.41) is 3.71. The average Bonchev–Trinajstić information content (AvgIpc) is 3.08. The van der Waals surface area contributed by atoms with Crippen molar-refractivity contribution in [1.29, 1.82) is 0 Å². The van der Waals surface area contributed by atoms with Crippen LogP contribution in [-0.4, -0.2) is 18.0 Å². The van der Waals surface area contributed by atoms with E-state index in [0.717, 1.165) is 36.9 Å². The highest BCUT2D eigenvalue weighted by Crippen LogP contribution is 2.44. The summed E-state index contributed by atoms with van der Waals surface area (Å²) in [6.45, 7) is 1.86. The first kappa shape index (κ1) is 16.8. The van der Waals surface area contributed by atoms with Crippen LogP contribution in [0.25, 0.3) is 0 Å². The molecule has 1 aliphatic rings. The van der Waals surface area contributed by atoms with Crippen LogP contribution >= 0.6 is 11.6 Å². The van der Waals surface area contributed by atoms with Crippen LogP contribution in [0.1, 0.15) is 36.9 Å². The van der Waals surface area contributed by atoms with Crippen molar-refractivity contribution < 1.29 is 9.53 Å². The number of ether oxygens (including phenoxy) is 1. The molecule has 2 aromatic rings. The molecule has 0 radical (unpaired) electrons. The van der Waals surface area contributed by atoms with E-state index in [1.54, 1.807) is 13.2 Å². The Kier molecular flexibility index (Phi) is 4.76. The van der Waals surface area contributed by atoms with Gasteiger partial charge in [-0.15, -0.1) is 0 Å². The van der Waals surface area contributed by atoms with Gasteiger partial charge in [-0.25, -0.2) is 4.98 Å². The monoisotopic (exact) mass is 344 g/mol. The van der Waals surface area contributed by atoms with Crippen LogP contribution in [0.4, 0.5) is 5.69 Å². The molecular formula is C19H21ClN2O2. The summed E-state index contributed by atoms with van der Waals surface area (Å²) in [5.74, 6) is 0.523. The van der Waals surface area contributed by atoms with E-state index in [4.69, 9.17) is 16.3 Å². The zero-order chi connectivity index (χ0) is 17.2. The highest BCUT2D eigenvalue weighted by molar-refractivity contribution is 6.31. The number of halogens is 1. The Hall–Kier alpha value is -2.07. The fourth-order valence-electron chi connectivity index (χ4n) is 3.47. The number of aromatic nitrogens is 1. The van der Waals surface area contributed by atoms with Gasteiger partial charge in [-0.1, -0.05) is 42.6 Å². The van der Waals surface area contributed by atoms with Crippen LogP contribution in [0.15, 0.2) is 36.4 Å². The van der Waals surface area contributed by atoms with Crippen LogP contribution in [0.2, 0.25) is 5.02 Å². The van der Waals surface area contributed by atoms with Crippen molar-refractivity contribution in [3.63, 3.8) is 0 Å². The number of amides is 1. The largest absolute Gasteiger partial charge is 0.481 e. The summed E-state index contributed by atoms with van der Waals surface area (Å²) < 4.78 is 5.12. The summed E-state index contributed by atoms with van der Waals surface area (Å²) in [4.78, 5) is 17.5.